The van der Waals surface area contributed by atoms with E-state index in [2.05, 4.69) is 0 Å². The van der Waals surface area contributed by atoms with E-state index in [-0.39, 0.29) is 6.61 Å². The zero-order chi connectivity index (χ0) is 12.5. The van der Waals surface area contributed by atoms with Gasteiger partial charge in [-0.05, 0) is 20.8 Å². The van der Waals surface area contributed by atoms with Crippen LogP contribution in [0.2, 0.25) is 0 Å². The predicted octanol–water partition coefficient (Wildman–Crippen LogP) is -0.00320. The minimum atomic E-state index is -1.43. The summed E-state index contributed by atoms with van der Waals surface area (Å²) < 4.78 is 9.69. The maximum atomic E-state index is 11.6. The highest BCUT2D eigenvalue weighted by atomic mass is 16.6. The summed E-state index contributed by atoms with van der Waals surface area (Å²) in [6.07, 6.45) is -1.43. The van der Waals surface area contributed by atoms with E-state index >= 15 is 0 Å². The normalized spacial score (nSPS) is 25.6. The molecule has 1 N–H and O–H groups in total. The van der Waals surface area contributed by atoms with Crippen molar-refractivity contribution >= 4 is 17.7 Å². The van der Waals surface area contributed by atoms with Crippen molar-refractivity contribution < 1.29 is 29.0 Å². The van der Waals surface area contributed by atoms with Crippen LogP contribution in [0.1, 0.15) is 20.8 Å². The van der Waals surface area contributed by atoms with Crippen molar-refractivity contribution in [1.82, 2.24) is 0 Å². The second-order valence-electron chi connectivity index (χ2n) is 4.55. The molecule has 6 nitrogen and oxygen atoms in total. The fourth-order valence-electron chi connectivity index (χ4n) is 1.36. The van der Waals surface area contributed by atoms with Crippen molar-refractivity contribution in [1.29, 1.82) is 0 Å². The first-order chi connectivity index (χ1) is 7.22. The molecule has 1 fully saturated rings. The van der Waals surface area contributed by atoms with E-state index in [1.165, 1.54) is 0 Å². The van der Waals surface area contributed by atoms with Crippen LogP contribution >= 0.6 is 0 Å². The molecule has 0 spiro atoms. The Labute approximate surface area is 92.5 Å². The molecule has 1 aliphatic heterocycles. The highest BCUT2D eigenvalue weighted by molar-refractivity contribution is 6.05. The van der Waals surface area contributed by atoms with Crippen LogP contribution in [0.4, 0.5) is 0 Å². The van der Waals surface area contributed by atoms with Gasteiger partial charge >= 0.3 is 11.9 Å². The smallest absolute Gasteiger partial charge is 0.334 e. The second-order valence-corrected chi connectivity index (χ2v) is 4.55. The maximum absolute atomic E-state index is 11.6. The van der Waals surface area contributed by atoms with Crippen LogP contribution in [0.3, 0.4) is 0 Å². The number of ether oxygens (including phenoxy) is 2. The van der Waals surface area contributed by atoms with Gasteiger partial charge in [-0.3, -0.25) is 9.59 Å². The van der Waals surface area contributed by atoms with Gasteiger partial charge in [0.2, 0.25) is 0 Å². The number of ketones is 1. The van der Waals surface area contributed by atoms with Crippen LogP contribution in [0, 0.1) is 5.92 Å². The van der Waals surface area contributed by atoms with E-state index in [1.807, 2.05) is 0 Å². The van der Waals surface area contributed by atoms with Crippen molar-refractivity contribution in [3.63, 3.8) is 0 Å². The predicted molar refractivity (Wildman–Crippen MR) is 51.7 cm³/mol. The van der Waals surface area contributed by atoms with Gasteiger partial charge in [0.05, 0.1) is 0 Å². The van der Waals surface area contributed by atoms with E-state index in [0.717, 1.165) is 0 Å². The molecule has 0 saturated carbocycles. The summed E-state index contributed by atoms with van der Waals surface area (Å²) in [6, 6.07) is 0. The molecule has 0 unspecified atom stereocenters. The third-order valence-corrected chi connectivity index (χ3v) is 1.96. The highest BCUT2D eigenvalue weighted by Crippen LogP contribution is 2.22. The van der Waals surface area contributed by atoms with Gasteiger partial charge in [0, 0.05) is 0 Å². The first-order valence-electron chi connectivity index (χ1n) is 4.82. The van der Waals surface area contributed by atoms with Crippen molar-refractivity contribution in [3.05, 3.63) is 0 Å². The molecule has 0 aromatic heterocycles. The Morgan fingerprint density at radius 2 is 2.00 bits per heavy atom. The number of carbonyl (C=O) groups excluding carboxylic acids is 2. The lowest BCUT2D eigenvalue weighted by molar-refractivity contribution is -0.168. The topological polar surface area (TPSA) is 89.9 Å². The number of hydrogen-bond acceptors (Lipinski definition) is 5. The lowest BCUT2D eigenvalue weighted by atomic mass is 10.0. The molecule has 0 amide bonds. The molecule has 90 valence electrons. The van der Waals surface area contributed by atoms with Crippen LogP contribution in [-0.4, -0.2) is 41.1 Å². The minimum Gasteiger partial charge on any atom is -0.479 e. The monoisotopic (exact) mass is 230 g/mol. The molecular formula is C10H14O6. The van der Waals surface area contributed by atoms with E-state index in [1.54, 1.807) is 20.8 Å². The van der Waals surface area contributed by atoms with Gasteiger partial charge in [-0.25, -0.2) is 4.79 Å². The average Bonchev–Trinajstić information content (AvgIpc) is 2.43. The molecule has 0 bridgehead atoms. The number of hydrogen-bond donors (Lipinski definition) is 1. The Balaban J connectivity index is 2.80. The summed E-state index contributed by atoms with van der Waals surface area (Å²) in [6.45, 7) is 4.56. The summed E-state index contributed by atoms with van der Waals surface area (Å²) in [4.78, 5) is 33.7. The number of carboxylic acids is 1. The standard InChI is InChI=1S/C10H14O6/c1-10(2,3)16-9(14)6-5(11)4-15-7(6)8(12)13/h6-7H,4H2,1-3H3,(H,12,13)/t6-,7+/m1/s1. The van der Waals surface area contributed by atoms with Crippen molar-refractivity contribution in [3.8, 4) is 0 Å². The molecule has 6 heteroatoms. The second kappa shape index (κ2) is 4.21. The van der Waals surface area contributed by atoms with E-state index in [4.69, 9.17) is 14.6 Å². The third-order valence-electron chi connectivity index (χ3n) is 1.96. The number of carbonyl (C=O) groups is 3. The van der Waals surface area contributed by atoms with Gasteiger partial charge in [-0.15, -0.1) is 0 Å². The fourth-order valence-corrected chi connectivity index (χ4v) is 1.36. The summed E-state index contributed by atoms with van der Waals surface area (Å²) in [5, 5.41) is 8.76. The van der Waals surface area contributed by atoms with Crippen LogP contribution in [0.15, 0.2) is 0 Å². The molecular weight excluding hydrogens is 216 g/mol. The van der Waals surface area contributed by atoms with Crippen LogP contribution in [0.25, 0.3) is 0 Å². The summed E-state index contributed by atoms with van der Waals surface area (Å²) >= 11 is 0. The quantitative estimate of drug-likeness (QED) is 0.530. The minimum absolute atomic E-state index is 0.360. The van der Waals surface area contributed by atoms with Gasteiger partial charge in [0.15, 0.2) is 17.8 Å². The lowest BCUT2D eigenvalue weighted by Crippen LogP contribution is -2.39. The number of Topliss-reactive ketones (excluding diaryl/α,β-unsaturated/α-hetero) is 1. The first-order valence-corrected chi connectivity index (χ1v) is 4.82. The van der Waals surface area contributed by atoms with Crippen molar-refractivity contribution in [2.45, 2.75) is 32.5 Å². The van der Waals surface area contributed by atoms with Crippen LogP contribution in [-0.2, 0) is 23.9 Å². The molecule has 1 rings (SSSR count). The number of rotatable bonds is 2. The molecule has 0 aromatic rings. The average molecular weight is 230 g/mol. The van der Waals surface area contributed by atoms with Gasteiger partial charge in [-0.2, -0.15) is 0 Å². The first kappa shape index (κ1) is 12.6. The van der Waals surface area contributed by atoms with E-state index in [9.17, 15) is 14.4 Å². The Morgan fingerprint density at radius 3 is 2.44 bits per heavy atom. The van der Waals surface area contributed by atoms with Gasteiger partial charge in [-0.1, -0.05) is 0 Å². The Morgan fingerprint density at radius 1 is 1.44 bits per heavy atom. The van der Waals surface area contributed by atoms with E-state index in [0.29, 0.717) is 0 Å². The SMILES string of the molecule is CC(C)(C)OC(=O)[C@@H]1C(=O)CO[C@@H]1C(=O)O. The molecule has 1 aliphatic rings. The van der Waals surface area contributed by atoms with Gasteiger partial charge in [0.25, 0.3) is 0 Å². The highest BCUT2D eigenvalue weighted by Gasteiger charge is 2.47. The molecule has 0 aromatic carbocycles. The fraction of sp³-hybridized carbons (Fsp3) is 0.700. The number of carboxylic acid groups (broad SMARTS) is 1. The maximum Gasteiger partial charge on any atom is 0.334 e. The lowest BCUT2D eigenvalue weighted by Gasteiger charge is -2.22. The van der Waals surface area contributed by atoms with Crippen molar-refractivity contribution in [2.24, 2.45) is 5.92 Å². The van der Waals surface area contributed by atoms with Gasteiger partial charge < -0.3 is 14.6 Å². The molecule has 0 radical (unpaired) electrons. The molecule has 2 atom stereocenters. The summed E-state index contributed by atoms with van der Waals surface area (Å²) in [5.41, 5.74) is -0.761. The third kappa shape index (κ3) is 2.79. The zero-order valence-corrected chi connectivity index (χ0v) is 9.35. The van der Waals surface area contributed by atoms with Crippen LogP contribution < -0.4 is 0 Å². The van der Waals surface area contributed by atoms with Crippen LogP contribution in [0.5, 0.6) is 0 Å². The number of esters is 1. The molecule has 16 heavy (non-hydrogen) atoms. The van der Waals surface area contributed by atoms with E-state index < -0.39 is 35.3 Å². The molecule has 1 heterocycles. The Kier molecular flexibility index (Phi) is 3.32. The summed E-state index contributed by atoms with van der Waals surface area (Å²) in [5.74, 6) is -4.08. The number of aliphatic carboxylic acids is 1. The summed E-state index contributed by atoms with van der Waals surface area (Å²) in [7, 11) is 0. The Hall–Kier alpha value is -1.43. The molecule has 1 saturated heterocycles. The van der Waals surface area contributed by atoms with Gasteiger partial charge in [0.1, 0.15) is 12.2 Å². The zero-order valence-electron chi connectivity index (χ0n) is 9.35. The Bertz CT molecular complexity index is 327. The van der Waals surface area contributed by atoms with Crippen molar-refractivity contribution in [2.75, 3.05) is 6.61 Å². The largest absolute Gasteiger partial charge is 0.479 e. The molecule has 0 aliphatic carbocycles.